The predicted octanol–water partition coefficient (Wildman–Crippen LogP) is 1.61. The Bertz CT molecular complexity index is 386. The molecule has 1 saturated heterocycles. The van der Waals surface area contributed by atoms with Crippen molar-refractivity contribution in [2.24, 2.45) is 0 Å². The molecule has 2 rings (SSSR count). The third-order valence-corrected chi connectivity index (χ3v) is 2.92. The van der Waals surface area contributed by atoms with Gasteiger partial charge in [-0.2, -0.15) is 0 Å². The van der Waals surface area contributed by atoms with Crippen molar-refractivity contribution in [3.63, 3.8) is 0 Å². The molecule has 18 heavy (non-hydrogen) atoms. The standard InChI is InChI=1S/C13H17FN2O2/c14-11-8-15-7-6-12(11)16-13(17)18-9-10-4-2-1-3-5-10/h1-5,11-12,15H,6-9H2,(H,16,17)/t11-,12-/m0/s1. The number of piperidine rings is 1. The van der Waals surface area contributed by atoms with Crippen molar-refractivity contribution in [2.45, 2.75) is 25.2 Å². The molecule has 0 aliphatic carbocycles. The van der Waals surface area contributed by atoms with Crippen molar-refractivity contribution in [1.29, 1.82) is 0 Å². The zero-order valence-corrected chi connectivity index (χ0v) is 10.1. The van der Waals surface area contributed by atoms with Crippen molar-refractivity contribution >= 4 is 6.09 Å². The molecule has 98 valence electrons. The van der Waals surface area contributed by atoms with Crippen molar-refractivity contribution in [3.8, 4) is 0 Å². The minimum atomic E-state index is -1.05. The zero-order chi connectivity index (χ0) is 12.8. The van der Waals surface area contributed by atoms with Crippen LogP contribution in [0.4, 0.5) is 9.18 Å². The van der Waals surface area contributed by atoms with Crippen LogP contribution in [0.25, 0.3) is 0 Å². The summed E-state index contributed by atoms with van der Waals surface area (Å²) in [5.74, 6) is 0. The minimum Gasteiger partial charge on any atom is -0.445 e. The molecule has 1 amide bonds. The Labute approximate surface area is 106 Å². The fourth-order valence-corrected chi connectivity index (χ4v) is 1.90. The second kappa shape index (κ2) is 6.35. The Hall–Kier alpha value is -1.62. The van der Waals surface area contributed by atoms with Crippen LogP contribution in [0.2, 0.25) is 0 Å². The van der Waals surface area contributed by atoms with Gasteiger partial charge in [0.25, 0.3) is 0 Å². The van der Waals surface area contributed by atoms with E-state index in [1.54, 1.807) is 0 Å². The molecule has 0 spiro atoms. The number of carbonyl (C=O) groups is 1. The van der Waals surface area contributed by atoms with Gasteiger partial charge in [0.15, 0.2) is 0 Å². The van der Waals surface area contributed by atoms with Gasteiger partial charge in [0, 0.05) is 6.54 Å². The van der Waals surface area contributed by atoms with Gasteiger partial charge in [0.1, 0.15) is 12.8 Å². The van der Waals surface area contributed by atoms with Crippen molar-refractivity contribution in [1.82, 2.24) is 10.6 Å². The number of carbonyl (C=O) groups excluding carboxylic acids is 1. The first kappa shape index (κ1) is 12.8. The molecule has 0 aromatic heterocycles. The van der Waals surface area contributed by atoms with Crippen LogP contribution < -0.4 is 10.6 Å². The molecule has 0 bridgehead atoms. The number of amides is 1. The molecule has 0 radical (unpaired) electrons. The van der Waals surface area contributed by atoms with Gasteiger partial charge >= 0.3 is 6.09 Å². The van der Waals surface area contributed by atoms with Crippen molar-refractivity contribution in [2.75, 3.05) is 13.1 Å². The van der Waals surface area contributed by atoms with E-state index < -0.39 is 18.3 Å². The Balaban J connectivity index is 1.75. The van der Waals surface area contributed by atoms with Crippen LogP contribution in [-0.4, -0.2) is 31.4 Å². The molecular weight excluding hydrogens is 235 g/mol. The molecule has 1 aliphatic rings. The Kier molecular flexibility index (Phi) is 4.52. The Morgan fingerprint density at radius 1 is 1.44 bits per heavy atom. The maximum Gasteiger partial charge on any atom is 0.407 e. The molecule has 1 aromatic rings. The number of nitrogens with one attached hydrogen (secondary N) is 2. The van der Waals surface area contributed by atoms with Gasteiger partial charge in [-0.15, -0.1) is 0 Å². The third kappa shape index (κ3) is 3.70. The second-order valence-corrected chi connectivity index (χ2v) is 4.32. The number of alkyl halides is 1. The van der Waals surface area contributed by atoms with Crippen LogP contribution >= 0.6 is 0 Å². The van der Waals surface area contributed by atoms with E-state index in [0.717, 1.165) is 5.56 Å². The maximum absolute atomic E-state index is 13.4. The average Bonchev–Trinajstić information content (AvgIpc) is 2.40. The molecule has 0 saturated carbocycles. The number of hydrogen-bond acceptors (Lipinski definition) is 3. The van der Waals surface area contributed by atoms with E-state index in [0.29, 0.717) is 13.0 Å². The second-order valence-electron chi connectivity index (χ2n) is 4.32. The van der Waals surface area contributed by atoms with E-state index in [2.05, 4.69) is 10.6 Å². The number of benzene rings is 1. The predicted molar refractivity (Wildman–Crippen MR) is 65.9 cm³/mol. The summed E-state index contributed by atoms with van der Waals surface area (Å²) in [6.45, 7) is 1.20. The first-order valence-electron chi connectivity index (χ1n) is 6.07. The zero-order valence-electron chi connectivity index (χ0n) is 10.1. The molecule has 1 fully saturated rings. The largest absolute Gasteiger partial charge is 0.445 e. The molecule has 5 heteroatoms. The van der Waals surface area contributed by atoms with Crippen LogP contribution in [0.5, 0.6) is 0 Å². The highest BCUT2D eigenvalue weighted by Crippen LogP contribution is 2.08. The van der Waals surface area contributed by atoms with Crippen molar-refractivity contribution < 1.29 is 13.9 Å². The topological polar surface area (TPSA) is 50.4 Å². The van der Waals surface area contributed by atoms with E-state index in [4.69, 9.17) is 4.74 Å². The molecule has 1 aromatic carbocycles. The number of rotatable bonds is 3. The summed E-state index contributed by atoms with van der Waals surface area (Å²) < 4.78 is 18.5. The maximum atomic E-state index is 13.4. The molecule has 2 N–H and O–H groups in total. The summed E-state index contributed by atoms with van der Waals surface area (Å²) in [7, 11) is 0. The van der Waals surface area contributed by atoms with Crippen LogP contribution in [0.15, 0.2) is 30.3 Å². The molecular formula is C13H17FN2O2. The molecule has 4 nitrogen and oxygen atoms in total. The minimum absolute atomic E-state index is 0.203. The lowest BCUT2D eigenvalue weighted by molar-refractivity contribution is 0.122. The SMILES string of the molecule is O=C(N[C@H]1CCNC[C@@H]1F)OCc1ccccc1. The summed E-state index contributed by atoms with van der Waals surface area (Å²) in [5, 5.41) is 5.49. The van der Waals surface area contributed by atoms with Gasteiger partial charge in [-0.05, 0) is 18.5 Å². The highest BCUT2D eigenvalue weighted by atomic mass is 19.1. The molecule has 0 unspecified atom stereocenters. The lowest BCUT2D eigenvalue weighted by Gasteiger charge is -2.27. The fraction of sp³-hybridized carbons (Fsp3) is 0.462. The summed E-state index contributed by atoms with van der Waals surface area (Å²) in [4.78, 5) is 11.5. The van der Waals surface area contributed by atoms with Gasteiger partial charge < -0.3 is 15.4 Å². The lowest BCUT2D eigenvalue weighted by atomic mass is 10.1. The smallest absolute Gasteiger partial charge is 0.407 e. The quantitative estimate of drug-likeness (QED) is 0.859. The molecule has 2 atom stereocenters. The van der Waals surface area contributed by atoms with E-state index in [-0.39, 0.29) is 13.2 Å². The van der Waals surface area contributed by atoms with Crippen LogP contribution in [0.3, 0.4) is 0 Å². The number of ether oxygens (including phenoxy) is 1. The van der Waals surface area contributed by atoms with Gasteiger partial charge in [0.05, 0.1) is 6.04 Å². The van der Waals surface area contributed by atoms with Crippen molar-refractivity contribution in [3.05, 3.63) is 35.9 Å². The van der Waals surface area contributed by atoms with Crippen LogP contribution in [0.1, 0.15) is 12.0 Å². The number of halogens is 1. The Morgan fingerprint density at radius 2 is 2.22 bits per heavy atom. The normalized spacial score (nSPS) is 23.4. The summed E-state index contributed by atoms with van der Waals surface area (Å²) in [6, 6.07) is 8.94. The van der Waals surface area contributed by atoms with Gasteiger partial charge in [-0.1, -0.05) is 30.3 Å². The van der Waals surface area contributed by atoms with E-state index in [1.165, 1.54) is 0 Å². The molecule has 1 heterocycles. The number of alkyl carbamates (subject to hydrolysis) is 1. The summed E-state index contributed by atoms with van der Waals surface area (Å²) in [5.41, 5.74) is 0.912. The highest BCUT2D eigenvalue weighted by Gasteiger charge is 2.26. The van der Waals surface area contributed by atoms with E-state index >= 15 is 0 Å². The first-order chi connectivity index (χ1) is 8.75. The van der Waals surface area contributed by atoms with Gasteiger partial charge in [0.2, 0.25) is 0 Å². The fourth-order valence-electron chi connectivity index (χ4n) is 1.90. The van der Waals surface area contributed by atoms with E-state index in [9.17, 15) is 9.18 Å². The van der Waals surface area contributed by atoms with Crippen LogP contribution in [0, 0.1) is 0 Å². The van der Waals surface area contributed by atoms with E-state index in [1.807, 2.05) is 30.3 Å². The average molecular weight is 252 g/mol. The Morgan fingerprint density at radius 3 is 2.94 bits per heavy atom. The first-order valence-corrected chi connectivity index (χ1v) is 6.07. The monoisotopic (exact) mass is 252 g/mol. The third-order valence-electron chi connectivity index (χ3n) is 2.92. The van der Waals surface area contributed by atoms with Crippen LogP contribution in [-0.2, 0) is 11.3 Å². The molecule has 1 aliphatic heterocycles. The lowest BCUT2D eigenvalue weighted by Crippen LogP contribution is -2.50. The number of hydrogen-bond donors (Lipinski definition) is 2. The highest BCUT2D eigenvalue weighted by molar-refractivity contribution is 5.67. The summed E-state index contributed by atoms with van der Waals surface area (Å²) >= 11 is 0. The van der Waals surface area contributed by atoms with Gasteiger partial charge in [-0.3, -0.25) is 0 Å². The summed E-state index contributed by atoms with van der Waals surface area (Å²) in [6.07, 6.45) is -1.03. The van der Waals surface area contributed by atoms with Gasteiger partial charge in [-0.25, -0.2) is 9.18 Å².